The second kappa shape index (κ2) is 7.97. The fraction of sp³-hybridized carbons (Fsp3) is 0.400. The van der Waals surface area contributed by atoms with Crippen LogP contribution in [0.5, 0.6) is 0 Å². The van der Waals surface area contributed by atoms with Gasteiger partial charge in [0.2, 0.25) is 0 Å². The normalized spacial score (nSPS) is 16.9. The molecule has 2 aliphatic heterocycles. The number of rotatable bonds is 4. The monoisotopic (exact) mass is 472 g/mol. The van der Waals surface area contributed by atoms with Gasteiger partial charge in [-0.25, -0.2) is 15.0 Å². The number of hydrogen-bond acceptors (Lipinski definition) is 7. The fourth-order valence-corrected chi connectivity index (χ4v) is 5.25. The Bertz CT molecular complexity index is 1060. The van der Waals surface area contributed by atoms with E-state index in [1.807, 2.05) is 6.07 Å². The lowest BCUT2D eigenvalue weighted by molar-refractivity contribution is 0.0944. The van der Waals surface area contributed by atoms with E-state index < -0.39 is 0 Å². The number of nitrogens with zero attached hydrogens (tertiary/aromatic N) is 4. The Morgan fingerprint density at radius 1 is 1.31 bits per heavy atom. The minimum atomic E-state index is -0.122. The topological polar surface area (TPSA) is 83.0 Å². The molecular weight excluding hydrogens is 452 g/mol. The SMILES string of the molecule is O=C(NCC1CCNCC1)c1nc2c(N3CCc4cc(Br)ccc43)ncnc2s1. The Morgan fingerprint density at radius 2 is 2.17 bits per heavy atom. The summed E-state index contributed by atoms with van der Waals surface area (Å²) in [6.45, 7) is 3.58. The molecule has 4 heterocycles. The number of aromatic nitrogens is 3. The lowest BCUT2D eigenvalue weighted by Gasteiger charge is -2.22. The third-order valence-electron chi connectivity index (χ3n) is 5.57. The Kier molecular flexibility index (Phi) is 5.19. The van der Waals surface area contributed by atoms with Gasteiger partial charge in [-0.15, -0.1) is 0 Å². The zero-order chi connectivity index (χ0) is 19.8. The standard InChI is InChI=1S/C20H21BrN6OS/c21-14-1-2-15-13(9-14)5-8-27(15)17-16-19(25-11-24-17)29-20(26-16)18(28)23-10-12-3-6-22-7-4-12/h1-2,9,11-12,22H,3-8,10H2,(H,23,28). The molecule has 7 nitrogen and oxygen atoms in total. The van der Waals surface area contributed by atoms with Crippen molar-refractivity contribution in [2.45, 2.75) is 19.3 Å². The zero-order valence-corrected chi connectivity index (χ0v) is 18.2. The number of anilines is 2. The van der Waals surface area contributed by atoms with E-state index in [0.29, 0.717) is 23.0 Å². The molecule has 1 amide bonds. The van der Waals surface area contributed by atoms with Gasteiger partial charge in [-0.2, -0.15) is 0 Å². The van der Waals surface area contributed by atoms with E-state index in [9.17, 15) is 4.79 Å². The fourth-order valence-electron chi connectivity index (χ4n) is 4.03. The minimum Gasteiger partial charge on any atom is -0.350 e. The second-order valence-corrected chi connectivity index (χ2v) is 9.34. The van der Waals surface area contributed by atoms with E-state index >= 15 is 0 Å². The van der Waals surface area contributed by atoms with Crippen LogP contribution in [0.1, 0.15) is 28.2 Å². The van der Waals surface area contributed by atoms with E-state index in [4.69, 9.17) is 0 Å². The maximum Gasteiger partial charge on any atom is 0.280 e. The molecule has 2 N–H and O–H groups in total. The van der Waals surface area contributed by atoms with E-state index in [1.54, 1.807) is 6.33 Å². The Morgan fingerprint density at radius 3 is 3.03 bits per heavy atom. The van der Waals surface area contributed by atoms with Crippen molar-refractivity contribution in [2.24, 2.45) is 5.92 Å². The molecule has 2 aliphatic rings. The first-order chi connectivity index (χ1) is 14.2. The average Bonchev–Trinajstić information content (AvgIpc) is 3.36. The molecule has 1 saturated heterocycles. The van der Waals surface area contributed by atoms with Crippen LogP contribution in [0.3, 0.4) is 0 Å². The van der Waals surface area contributed by atoms with E-state index in [0.717, 1.165) is 59.7 Å². The van der Waals surface area contributed by atoms with Crippen LogP contribution in [0.25, 0.3) is 10.3 Å². The van der Waals surface area contributed by atoms with Gasteiger partial charge in [-0.05, 0) is 62.0 Å². The summed E-state index contributed by atoms with van der Waals surface area (Å²) < 4.78 is 1.08. The zero-order valence-electron chi connectivity index (χ0n) is 15.8. The molecule has 0 radical (unpaired) electrons. The molecule has 3 aromatic rings. The number of benzene rings is 1. The molecule has 0 saturated carbocycles. The number of nitrogens with one attached hydrogen (secondary N) is 2. The number of carbonyl (C=O) groups is 1. The van der Waals surface area contributed by atoms with Crippen molar-refractivity contribution < 1.29 is 4.79 Å². The van der Waals surface area contributed by atoms with Crippen LogP contribution in [-0.4, -0.2) is 47.0 Å². The highest BCUT2D eigenvalue weighted by Gasteiger charge is 2.26. The predicted molar refractivity (Wildman–Crippen MR) is 118 cm³/mol. The summed E-state index contributed by atoms with van der Waals surface area (Å²) >= 11 is 4.87. The molecule has 0 unspecified atom stereocenters. The van der Waals surface area contributed by atoms with Gasteiger partial charge in [0.05, 0.1) is 0 Å². The quantitative estimate of drug-likeness (QED) is 0.606. The third kappa shape index (κ3) is 3.74. The van der Waals surface area contributed by atoms with Gasteiger partial charge in [0.25, 0.3) is 5.91 Å². The third-order valence-corrected chi connectivity index (χ3v) is 7.03. The van der Waals surface area contributed by atoms with Crippen LogP contribution < -0.4 is 15.5 Å². The van der Waals surface area contributed by atoms with Gasteiger partial charge in [0, 0.05) is 23.2 Å². The summed E-state index contributed by atoms with van der Waals surface area (Å²) in [6.07, 6.45) is 4.71. The molecule has 0 aliphatic carbocycles. The first-order valence-corrected chi connectivity index (χ1v) is 11.5. The summed E-state index contributed by atoms with van der Waals surface area (Å²) in [6, 6.07) is 6.28. The van der Waals surface area contributed by atoms with E-state index in [-0.39, 0.29) is 5.91 Å². The van der Waals surface area contributed by atoms with Crippen LogP contribution in [0.15, 0.2) is 29.0 Å². The van der Waals surface area contributed by atoms with Crippen molar-refractivity contribution in [3.05, 3.63) is 39.6 Å². The molecule has 5 rings (SSSR count). The van der Waals surface area contributed by atoms with Gasteiger partial charge in [0.15, 0.2) is 10.8 Å². The summed E-state index contributed by atoms with van der Waals surface area (Å²) in [5.74, 6) is 1.18. The van der Waals surface area contributed by atoms with Gasteiger partial charge >= 0.3 is 0 Å². The number of carbonyl (C=O) groups excluding carboxylic acids is 1. The van der Waals surface area contributed by atoms with E-state index in [1.165, 1.54) is 16.9 Å². The Balaban J connectivity index is 1.40. The van der Waals surface area contributed by atoms with Crippen LogP contribution in [0, 0.1) is 5.92 Å². The molecule has 150 valence electrons. The van der Waals surface area contributed by atoms with E-state index in [2.05, 4.69) is 58.5 Å². The van der Waals surface area contributed by atoms with Crippen LogP contribution >= 0.6 is 27.3 Å². The molecule has 0 bridgehead atoms. The highest BCUT2D eigenvalue weighted by atomic mass is 79.9. The molecule has 0 spiro atoms. The summed E-state index contributed by atoms with van der Waals surface area (Å²) in [7, 11) is 0. The maximum absolute atomic E-state index is 12.7. The van der Waals surface area contributed by atoms with Crippen molar-refractivity contribution in [2.75, 3.05) is 31.1 Å². The average molecular weight is 473 g/mol. The highest BCUT2D eigenvalue weighted by molar-refractivity contribution is 9.10. The number of fused-ring (bicyclic) bond motifs is 2. The van der Waals surface area contributed by atoms with Crippen molar-refractivity contribution in [3.8, 4) is 0 Å². The van der Waals surface area contributed by atoms with Crippen LogP contribution in [0.4, 0.5) is 11.5 Å². The van der Waals surface area contributed by atoms with Crippen molar-refractivity contribution in [3.63, 3.8) is 0 Å². The number of hydrogen-bond donors (Lipinski definition) is 2. The molecule has 1 fully saturated rings. The predicted octanol–water partition coefficient (Wildman–Crippen LogP) is 3.27. The Hall–Kier alpha value is -2.10. The molecule has 2 aromatic heterocycles. The lowest BCUT2D eigenvalue weighted by Crippen LogP contribution is -2.35. The maximum atomic E-state index is 12.7. The first kappa shape index (κ1) is 18.9. The largest absolute Gasteiger partial charge is 0.350 e. The number of piperidine rings is 1. The van der Waals surface area contributed by atoms with Crippen LogP contribution in [0.2, 0.25) is 0 Å². The number of halogens is 1. The molecule has 0 atom stereocenters. The molecular formula is C20H21BrN6OS. The van der Waals surface area contributed by atoms with Crippen LogP contribution in [-0.2, 0) is 6.42 Å². The summed E-state index contributed by atoms with van der Waals surface area (Å²) in [4.78, 5) is 29.1. The first-order valence-electron chi connectivity index (χ1n) is 9.85. The van der Waals surface area contributed by atoms with Crippen molar-refractivity contribution in [1.82, 2.24) is 25.6 Å². The molecule has 9 heteroatoms. The molecule has 1 aromatic carbocycles. The summed E-state index contributed by atoms with van der Waals surface area (Å²) in [5, 5.41) is 6.85. The highest BCUT2D eigenvalue weighted by Crippen LogP contribution is 2.38. The Labute approximate surface area is 181 Å². The van der Waals surface area contributed by atoms with Gasteiger partial charge in [-0.3, -0.25) is 4.79 Å². The summed E-state index contributed by atoms with van der Waals surface area (Å²) in [5.41, 5.74) is 3.11. The molecule has 29 heavy (non-hydrogen) atoms. The second-order valence-electron chi connectivity index (χ2n) is 7.45. The number of thiazole rings is 1. The van der Waals surface area contributed by atoms with Gasteiger partial charge in [-0.1, -0.05) is 27.3 Å². The minimum absolute atomic E-state index is 0.122. The van der Waals surface area contributed by atoms with Gasteiger partial charge < -0.3 is 15.5 Å². The van der Waals surface area contributed by atoms with Crippen molar-refractivity contribution >= 4 is 55.0 Å². The smallest absolute Gasteiger partial charge is 0.280 e. The van der Waals surface area contributed by atoms with Gasteiger partial charge in [0.1, 0.15) is 16.7 Å². The van der Waals surface area contributed by atoms with Crippen molar-refractivity contribution in [1.29, 1.82) is 0 Å². The number of amides is 1. The lowest BCUT2D eigenvalue weighted by atomic mass is 9.98.